The summed E-state index contributed by atoms with van der Waals surface area (Å²) < 4.78 is 40.9. The molecule has 0 aliphatic carbocycles. The highest BCUT2D eigenvalue weighted by Gasteiger charge is 2.32. The van der Waals surface area contributed by atoms with Crippen molar-refractivity contribution in [1.29, 1.82) is 0 Å². The zero-order valence-electron chi connectivity index (χ0n) is 10.9. The lowest BCUT2D eigenvalue weighted by Crippen LogP contribution is -2.21. The molecule has 0 heterocycles. The van der Waals surface area contributed by atoms with E-state index in [0.717, 1.165) is 6.42 Å². The Hall–Kier alpha value is -0.880. The van der Waals surface area contributed by atoms with Crippen molar-refractivity contribution in [3.05, 3.63) is 29.8 Å². The molecule has 0 spiro atoms. The van der Waals surface area contributed by atoms with Crippen molar-refractivity contribution in [3.63, 3.8) is 0 Å². The molecule has 0 aliphatic heterocycles. The Morgan fingerprint density at radius 1 is 1.32 bits per heavy atom. The quantitative estimate of drug-likeness (QED) is 0.857. The largest absolute Gasteiger partial charge is 0.573 e. The van der Waals surface area contributed by atoms with Crippen LogP contribution in [0.3, 0.4) is 0 Å². The summed E-state index contributed by atoms with van der Waals surface area (Å²) in [6.07, 6.45) is -3.70. The van der Waals surface area contributed by atoms with E-state index in [1.807, 2.05) is 0 Å². The fourth-order valence-corrected chi connectivity index (χ4v) is 2.43. The van der Waals surface area contributed by atoms with E-state index >= 15 is 0 Å². The predicted octanol–water partition coefficient (Wildman–Crippen LogP) is 4.12. The molecule has 2 nitrogen and oxygen atoms in total. The van der Waals surface area contributed by atoms with Crippen molar-refractivity contribution >= 4 is 11.8 Å². The molecular formula is C13H18F3NOS. The normalized spacial score (nSPS) is 15.1. The van der Waals surface area contributed by atoms with E-state index in [-0.39, 0.29) is 5.75 Å². The van der Waals surface area contributed by atoms with Gasteiger partial charge in [0.25, 0.3) is 0 Å². The lowest BCUT2D eigenvalue weighted by molar-refractivity contribution is -0.274. The third-order valence-corrected chi connectivity index (χ3v) is 4.13. The number of ether oxygens (including phenoxy) is 1. The van der Waals surface area contributed by atoms with Crippen LogP contribution in [0, 0.1) is 0 Å². The molecule has 2 atom stereocenters. The van der Waals surface area contributed by atoms with Crippen molar-refractivity contribution in [3.8, 4) is 5.75 Å². The molecule has 1 aromatic rings. The Kier molecular flexibility index (Phi) is 6.00. The Morgan fingerprint density at radius 3 is 2.53 bits per heavy atom. The Balaban J connectivity index is 2.76. The van der Waals surface area contributed by atoms with Crippen LogP contribution in [0.25, 0.3) is 0 Å². The predicted molar refractivity (Wildman–Crippen MR) is 72.3 cm³/mol. The van der Waals surface area contributed by atoms with Crippen LogP contribution in [0.1, 0.15) is 31.9 Å². The number of para-hydroxylation sites is 1. The lowest BCUT2D eigenvalue weighted by atomic mass is 10.1. The highest BCUT2D eigenvalue weighted by molar-refractivity contribution is 7.99. The fraction of sp³-hybridized carbons (Fsp3) is 0.538. The van der Waals surface area contributed by atoms with Crippen LogP contribution in [-0.4, -0.2) is 17.4 Å². The lowest BCUT2D eigenvalue weighted by Gasteiger charge is -2.18. The zero-order valence-corrected chi connectivity index (χ0v) is 11.7. The molecule has 0 aromatic heterocycles. The topological polar surface area (TPSA) is 35.2 Å². The fourth-order valence-electron chi connectivity index (χ4n) is 1.48. The van der Waals surface area contributed by atoms with E-state index in [4.69, 9.17) is 5.73 Å². The summed E-state index contributed by atoms with van der Waals surface area (Å²) in [6.45, 7) is 4.12. The van der Waals surface area contributed by atoms with E-state index in [1.54, 1.807) is 23.9 Å². The van der Waals surface area contributed by atoms with E-state index in [2.05, 4.69) is 18.6 Å². The van der Waals surface area contributed by atoms with E-state index in [1.165, 1.54) is 12.1 Å². The van der Waals surface area contributed by atoms with Crippen LogP contribution in [-0.2, 0) is 0 Å². The van der Waals surface area contributed by atoms with Crippen LogP contribution in [0.4, 0.5) is 13.2 Å². The molecule has 0 fully saturated rings. The molecule has 2 N–H and O–H groups in total. The zero-order chi connectivity index (χ0) is 14.5. The third-order valence-electron chi connectivity index (χ3n) is 2.68. The molecule has 0 radical (unpaired) electrons. The van der Waals surface area contributed by atoms with Crippen molar-refractivity contribution in [2.75, 3.05) is 5.75 Å². The van der Waals surface area contributed by atoms with E-state index < -0.39 is 12.4 Å². The minimum Gasteiger partial charge on any atom is -0.405 e. The number of benzene rings is 1. The van der Waals surface area contributed by atoms with Gasteiger partial charge in [0, 0.05) is 22.6 Å². The van der Waals surface area contributed by atoms with Gasteiger partial charge >= 0.3 is 6.36 Å². The molecule has 19 heavy (non-hydrogen) atoms. The molecule has 6 heteroatoms. The van der Waals surface area contributed by atoms with Gasteiger partial charge in [-0.05, 0) is 12.5 Å². The summed E-state index contributed by atoms with van der Waals surface area (Å²) in [5.41, 5.74) is 6.33. The second-order valence-corrected chi connectivity index (χ2v) is 5.72. The molecule has 0 amide bonds. The third kappa shape index (κ3) is 5.74. The first-order valence-electron chi connectivity index (χ1n) is 6.05. The SMILES string of the molecule is CCC(C)SCC(N)c1ccccc1OC(F)(F)F. The number of hydrogen-bond donors (Lipinski definition) is 1. The maximum Gasteiger partial charge on any atom is 0.573 e. The summed E-state index contributed by atoms with van der Waals surface area (Å²) in [4.78, 5) is 0. The highest BCUT2D eigenvalue weighted by Crippen LogP contribution is 2.31. The minimum absolute atomic E-state index is 0.216. The Labute approximate surface area is 115 Å². The van der Waals surface area contributed by atoms with E-state index in [0.29, 0.717) is 16.6 Å². The van der Waals surface area contributed by atoms with Crippen LogP contribution < -0.4 is 10.5 Å². The summed E-state index contributed by atoms with van der Waals surface area (Å²) in [5.74, 6) is 0.347. The molecule has 1 aromatic carbocycles. The average Bonchev–Trinajstić information content (AvgIpc) is 2.34. The monoisotopic (exact) mass is 293 g/mol. The van der Waals surface area contributed by atoms with Gasteiger partial charge in [0.1, 0.15) is 5.75 Å². The van der Waals surface area contributed by atoms with Gasteiger partial charge in [-0.2, -0.15) is 11.8 Å². The first-order chi connectivity index (χ1) is 8.83. The standard InChI is InChI=1S/C13H18F3NOS/c1-3-9(2)19-8-11(17)10-6-4-5-7-12(10)18-13(14,15)16/h4-7,9,11H,3,8,17H2,1-2H3. The van der Waals surface area contributed by atoms with Crippen LogP contribution in [0.15, 0.2) is 24.3 Å². The van der Waals surface area contributed by atoms with Crippen LogP contribution >= 0.6 is 11.8 Å². The van der Waals surface area contributed by atoms with E-state index in [9.17, 15) is 13.2 Å². The molecular weight excluding hydrogens is 275 g/mol. The van der Waals surface area contributed by atoms with Gasteiger partial charge in [-0.25, -0.2) is 0 Å². The van der Waals surface area contributed by atoms with Crippen LogP contribution in [0.5, 0.6) is 5.75 Å². The number of rotatable bonds is 6. The van der Waals surface area contributed by atoms with Crippen molar-refractivity contribution in [2.45, 2.75) is 37.9 Å². The smallest absolute Gasteiger partial charge is 0.405 e. The molecule has 0 aliphatic rings. The van der Waals surface area contributed by atoms with Crippen molar-refractivity contribution < 1.29 is 17.9 Å². The average molecular weight is 293 g/mol. The van der Waals surface area contributed by atoms with Crippen LogP contribution in [0.2, 0.25) is 0 Å². The molecule has 108 valence electrons. The number of halogens is 3. The minimum atomic E-state index is -4.69. The van der Waals surface area contributed by atoms with Gasteiger partial charge in [0.15, 0.2) is 0 Å². The molecule has 2 unspecified atom stereocenters. The maximum absolute atomic E-state index is 12.3. The van der Waals surface area contributed by atoms with Crippen molar-refractivity contribution in [2.24, 2.45) is 5.73 Å². The van der Waals surface area contributed by atoms with Gasteiger partial charge in [-0.15, -0.1) is 13.2 Å². The second kappa shape index (κ2) is 7.05. The first kappa shape index (κ1) is 16.2. The summed E-state index contributed by atoms with van der Waals surface area (Å²) in [5, 5.41) is 0.432. The number of hydrogen-bond acceptors (Lipinski definition) is 3. The summed E-state index contributed by atoms with van der Waals surface area (Å²) in [6, 6.07) is 5.54. The molecule has 0 bridgehead atoms. The molecule has 0 saturated carbocycles. The summed E-state index contributed by atoms with van der Waals surface area (Å²) >= 11 is 1.64. The van der Waals surface area contributed by atoms with Gasteiger partial charge in [0.2, 0.25) is 0 Å². The highest BCUT2D eigenvalue weighted by atomic mass is 32.2. The van der Waals surface area contributed by atoms with Gasteiger partial charge in [-0.3, -0.25) is 0 Å². The van der Waals surface area contributed by atoms with Gasteiger partial charge in [-0.1, -0.05) is 32.0 Å². The van der Waals surface area contributed by atoms with Crippen molar-refractivity contribution in [1.82, 2.24) is 0 Å². The van der Waals surface area contributed by atoms with Gasteiger partial charge < -0.3 is 10.5 Å². The maximum atomic E-state index is 12.3. The molecule has 0 saturated heterocycles. The van der Waals surface area contributed by atoms with Gasteiger partial charge in [0.05, 0.1) is 0 Å². The number of thioether (sulfide) groups is 1. The molecule has 1 rings (SSSR count). The first-order valence-corrected chi connectivity index (χ1v) is 7.10. The second-order valence-electron chi connectivity index (χ2n) is 4.24. The Bertz CT molecular complexity index is 398. The Morgan fingerprint density at radius 2 is 1.95 bits per heavy atom. The number of nitrogens with two attached hydrogens (primary N) is 1. The summed E-state index contributed by atoms with van der Waals surface area (Å²) in [7, 11) is 0. The number of alkyl halides is 3.